The standard InChI is InChI=1S/C26H27ClN2O4.C20H22BrClN2O3.C6H6O/c1-17(2)32-24-14-11-19(16-22(24)27)25(30)29-23(26(31)28-3)15-18-9-12-21(13-10-18)33-20-7-5-4-6-8-20;1-12(2)27-18-9-6-14(11-16(18)22)19(25)24-17(20(26)23-3)10-13-4-7-15(21)8-5-13;7-6-4-2-1-3-5-6/h4-14,16-17,23H,15H2,1-3H3,(H,28,31)(H,29,30);4-9,11-12,17H,10H2,1-3H3,(H,23,26)(H,24,25);1-5,7H. The van der Waals surface area contributed by atoms with Gasteiger partial charge in [0.05, 0.1) is 22.3 Å². The number of aromatic hydroxyl groups is 1. The van der Waals surface area contributed by atoms with Crippen molar-refractivity contribution in [3.05, 3.63) is 182 Å². The number of benzene rings is 6. The number of carbonyl (C=O) groups excluding carboxylic acids is 4. The third-order valence-electron chi connectivity index (χ3n) is 9.30. The number of amides is 4. The van der Waals surface area contributed by atoms with Crippen molar-refractivity contribution in [3.63, 3.8) is 0 Å². The second kappa shape index (κ2) is 27.2. The fraction of sp³-hybridized carbons (Fsp3) is 0.231. The Balaban J connectivity index is 0.000000258. The highest BCUT2D eigenvalue weighted by Crippen LogP contribution is 2.28. The van der Waals surface area contributed by atoms with Crippen LogP contribution >= 0.6 is 39.1 Å². The predicted octanol–water partition coefficient (Wildman–Crippen LogP) is 10.4. The fourth-order valence-corrected chi connectivity index (χ4v) is 6.79. The van der Waals surface area contributed by atoms with Crippen molar-refractivity contribution in [1.82, 2.24) is 21.3 Å². The van der Waals surface area contributed by atoms with Gasteiger partial charge in [-0.3, -0.25) is 19.2 Å². The van der Waals surface area contributed by atoms with Crippen molar-refractivity contribution >= 4 is 62.8 Å². The van der Waals surface area contributed by atoms with E-state index in [1.165, 1.54) is 26.2 Å². The number of ether oxygens (including phenoxy) is 3. The molecule has 0 heterocycles. The summed E-state index contributed by atoms with van der Waals surface area (Å²) in [4.78, 5) is 50.1. The van der Waals surface area contributed by atoms with Gasteiger partial charge in [0.2, 0.25) is 11.8 Å². The van der Waals surface area contributed by atoms with E-state index in [2.05, 4.69) is 37.2 Å². The number of carbonyl (C=O) groups is 4. The number of halogens is 3. The number of phenols is 1. The third kappa shape index (κ3) is 18.3. The third-order valence-corrected chi connectivity index (χ3v) is 10.4. The molecule has 0 fully saturated rings. The number of hydrogen-bond donors (Lipinski definition) is 5. The lowest BCUT2D eigenvalue weighted by Crippen LogP contribution is -2.47. The van der Waals surface area contributed by atoms with E-state index in [0.717, 1.165) is 21.3 Å². The number of likely N-dealkylation sites (N-methyl/N-ethyl adjacent to an activating group) is 2. The molecule has 2 unspecified atom stereocenters. The van der Waals surface area contributed by atoms with Crippen molar-refractivity contribution in [3.8, 4) is 28.7 Å². The Morgan fingerprint density at radius 3 is 1.30 bits per heavy atom. The van der Waals surface area contributed by atoms with Crippen LogP contribution in [0.15, 0.2) is 150 Å². The largest absolute Gasteiger partial charge is 0.508 e. The summed E-state index contributed by atoms with van der Waals surface area (Å²) in [5, 5.41) is 20.1. The van der Waals surface area contributed by atoms with Gasteiger partial charge in [-0.25, -0.2) is 0 Å². The molecule has 6 rings (SSSR count). The van der Waals surface area contributed by atoms with Gasteiger partial charge in [-0.15, -0.1) is 0 Å². The molecule has 0 aliphatic rings. The van der Waals surface area contributed by atoms with Crippen molar-refractivity contribution in [1.29, 1.82) is 0 Å². The van der Waals surface area contributed by atoms with Gasteiger partial charge in [0, 0.05) is 42.5 Å². The summed E-state index contributed by atoms with van der Waals surface area (Å²) >= 11 is 15.8. The first-order valence-electron chi connectivity index (χ1n) is 21.3. The van der Waals surface area contributed by atoms with Crippen molar-refractivity contribution < 1.29 is 38.5 Å². The highest BCUT2D eigenvalue weighted by Gasteiger charge is 2.23. The fourth-order valence-electron chi connectivity index (χ4n) is 6.07. The maximum absolute atomic E-state index is 12.8. The summed E-state index contributed by atoms with van der Waals surface area (Å²) in [5.74, 6) is 1.43. The molecule has 0 aromatic heterocycles. The molecule has 0 spiro atoms. The maximum atomic E-state index is 12.8. The Morgan fingerprint density at radius 1 is 0.552 bits per heavy atom. The monoisotopic (exact) mass is 1010 g/mol. The minimum absolute atomic E-state index is 0.0225. The second-order valence-corrected chi connectivity index (χ2v) is 17.1. The molecule has 6 aromatic carbocycles. The first kappa shape index (κ1) is 53.1. The Morgan fingerprint density at radius 2 is 0.940 bits per heavy atom. The van der Waals surface area contributed by atoms with Crippen LogP contribution in [-0.4, -0.2) is 67.1 Å². The Bertz CT molecular complexity index is 2510. The van der Waals surface area contributed by atoms with E-state index >= 15 is 0 Å². The minimum atomic E-state index is -0.756. The van der Waals surface area contributed by atoms with E-state index in [-0.39, 0.29) is 29.9 Å². The van der Waals surface area contributed by atoms with Crippen LogP contribution in [-0.2, 0) is 22.4 Å². The number of rotatable bonds is 16. The minimum Gasteiger partial charge on any atom is -0.508 e. The number of hydrogen-bond acceptors (Lipinski definition) is 8. The van der Waals surface area contributed by atoms with E-state index in [9.17, 15) is 19.2 Å². The van der Waals surface area contributed by atoms with Crippen molar-refractivity contribution in [2.45, 2.75) is 64.8 Å². The highest BCUT2D eigenvalue weighted by atomic mass is 79.9. The Labute approximate surface area is 410 Å². The van der Waals surface area contributed by atoms with Gasteiger partial charge >= 0.3 is 0 Å². The van der Waals surface area contributed by atoms with Gasteiger partial charge in [-0.1, -0.05) is 99.8 Å². The molecule has 0 aliphatic carbocycles. The van der Waals surface area contributed by atoms with Crippen molar-refractivity contribution in [2.24, 2.45) is 0 Å². The summed E-state index contributed by atoms with van der Waals surface area (Å²) in [6.07, 6.45) is 0.635. The van der Waals surface area contributed by atoms with E-state index in [1.807, 2.05) is 113 Å². The van der Waals surface area contributed by atoms with E-state index < -0.39 is 18.0 Å². The molecule has 5 N–H and O–H groups in total. The van der Waals surface area contributed by atoms with E-state index in [1.54, 1.807) is 48.5 Å². The molecular formula is C52H55BrCl2N4O8. The van der Waals surface area contributed by atoms with Crippen LogP contribution in [0.4, 0.5) is 0 Å². The zero-order valence-electron chi connectivity index (χ0n) is 38.0. The molecule has 6 aromatic rings. The van der Waals surface area contributed by atoms with Gasteiger partial charge in [0.1, 0.15) is 40.8 Å². The summed E-state index contributed by atoms with van der Waals surface area (Å²) in [6, 6.07) is 41.3. The maximum Gasteiger partial charge on any atom is 0.251 e. The molecule has 15 heteroatoms. The Kier molecular flexibility index (Phi) is 21.5. The van der Waals surface area contributed by atoms with Crippen LogP contribution in [0.25, 0.3) is 0 Å². The van der Waals surface area contributed by atoms with Crippen LogP contribution in [0.5, 0.6) is 28.7 Å². The van der Waals surface area contributed by atoms with E-state index in [0.29, 0.717) is 57.0 Å². The molecule has 352 valence electrons. The summed E-state index contributed by atoms with van der Waals surface area (Å²) in [7, 11) is 3.07. The Hall–Kier alpha value is -6.54. The molecule has 67 heavy (non-hydrogen) atoms. The molecule has 0 aliphatic heterocycles. The van der Waals surface area contributed by atoms with Crippen molar-refractivity contribution in [2.75, 3.05) is 14.1 Å². The van der Waals surface area contributed by atoms with Crippen LogP contribution < -0.4 is 35.5 Å². The lowest BCUT2D eigenvalue weighted by Gasteiger charge is -2.18. The predicted molar refractivity (Wildman–Crippen MR) is 268 cm³/mol. The van der Waals surface area contributed by atoms with Crippen LogP contribution in [0.1, 0.15) is 59.5 Å². The molecule has 0 saturated carbocycles. The molecule has 0 radical (unpaired) electrons. The molecule has 0 bridgehead atoms. The van der Waals surface area contributed by atoms with Gasteiger partial charge in [-0.05, 0) is 124 Å². The molecule has 0 saturated heterocycles. The van der Waals surface area contributed by atoms with Gasteiger partial charge in [-0.2, -0.15) is 0 Å². The molecule has 4 amide bonds. The first-order chi connectivity index (χ1) is 32.0. The summed E-state index contributed by atoms with van der Waals surface area (Å²) < 4.78 is 17.9. The lowest BCUT2D eigenvalue weighted by molar-refractivity contribution is -0.123. The normalized spacial score (nSPS) is 11.3. The number of phenolic OH excluding ortho intramolecular Hbond substituents is 1. The quantitative estimate of drug-likeness (QED) is 0.0640. The summed E-state index contributed by atoms with van der Waals surface area (Å²) in [6.45, 7) is 7.58. The van der Waals surface area contributed by atoms with E-state index in [4.69, 9.17) is 42.5 Å². The zero-order chi connectivity index (χ0) is 48.9. The van der Waals surface area contributed by atoms with Gasteiger partial charge in [0.15, 0.2) is 0 Å². The second-order valence-electron chi connectivity index (χ2n) is 15.3. The van der Waals surface area contributed by atoms with Crippen LogP contribution in [0, 0.1) is 0 Å². The smallest absolute Gasteiger partial charge is 0.251 e. The summed E-state index contributed by atoms with van der Waals surface area (Å²) in [5.41, 5.74) is 2.52. The topological polar surface area (TPSA) is 164 Å². The van der Waals surface area contributed by atoms with Gasteiger partial charge < -0.3 is 40.6 Å². The number of nitrogens with one attached hydrogen (secondary N) is 4. The average molecular weight is 1010 g/mol. The first-order valence-corrected chi connectivity index (χ1v) is 22.9. The average Bonchev–Trinajstić information content (AvgIpc) is 3.31. The number of para-hydroxylation sites is 2. The molecular weight excluding hydrogens is 959 g/mol. The van der Waals surface area contributed by atoms with Crippen LogP contribution in [0.2, 0.25) is 10.0 Å². The lowest BCUT2D eigenvalue weighted by atomic mass is 10.0. The van der Waals surface area contributed by atoms with Gasteiger partial charge in [0.25, 0.3) is 11.8 Å². The van der Waals surface area contributed by atoms with Crippen LogP contribution in [0.3, 0.4) is 0 Å². The zero-order valence-corrected chi connectivity index (χ0v) is 41.1. The SMILES string of the molecule is CNC(=O)C(Cc1ccc(Br)cc1)NC(=O)c1ccc(OC(C)C)c(Cl)c1.CNC(=O)C(Cc1ccc(Oc2ccccc2)cc1)NC(=O)c1ccc(OC(C)C)c(Cl)c1.Oc1ccccc1. The highest BCUT2D eigenvalue weighted by molar-refractivity contribution is 9.10. The molecule has 2 atom stereocenters. The molecule has 12 nitrogen and oxygen atoms in total.